The molecule has 2 aliphatic rings. The second-order valence-electron chi connectivity index (χ2n) is 7.40. The molecule has 0 radical (unpaired) electrons. The number of esters is 1. The van der Waals surface area contributed by atoms with Gasteiger partial charge >= 0.3 is 5.97 Å². The van der Waals surface area contributed by atoms with E-state index < -0.39 is 24.3 Å². The molecular formula is C21H28FN3O6. The Balaban J connectivity index is 1.61. The van der Waals surface area contributed by atoms with Crippen LogP contribution in [0.25, 0.3) is 0 Å². The van der Waals surface area contributed by atoms with E-state index in [0.717, 1.165) is 0 Å². The van der Waals surface area contributed by atoms with E-state index >= 15 is 0 Å². The van der Waals surface area contributed by atoms with Crippen LogP contribution in [-0.2, 0) is 23.9 Å². The largest absolute Gasteiger partial charge is 0.492 e. The predicted molar refractivity (Wildman–Crippen MR) is 108 cm³/mol. The Hall–Kier alpha value is -2.72. The molecule has 1 unspecified atom stereocenters. The number of carbonyl (C=O) groups excluding carboxylic acids is 3. The minimum atomic E-state index is -0.685. The quantitative estimate of drug-likeness (QED) is 0.443. The van der Waals surface area contributed by atoms with E-state index in [9.17, 15) is 18.8 Å². The van der Waals surface area contributed by atoms with Crippen LogP contribution in [0.2, 0.25) is 0 Å². The molecule has 3 rings (SSSR count). The van der Waals surface area contributed by atoms with Gasteiger partial charge in [0.2, 0.25) is 11.8 Å². The lowest BCUT2D eigenvalue weighted by atomic mass is 10.1. The molecule has 2 saturated heterocycles. The van der Waals surface area contributed by atoms with E-state index in [1.54, 1.807) is 17.0 Å². The molecule has 0 spiro atoms. The number of benzene rings is 1. The Morgan fingerprint density at radius 2 is 1.81 bits per heavy atom. The second kappa shape index (κ2) is 11.1. The van der Waals surface area contributed by atoms with Crippen LogP contribution in [0.15, 0.2) is 24.3 Å². The van der Waals surface area contributed by atoms with Crippen molar-refractivity contribution in [1.82, 2.24) is 14.7 Å². The standard InChI is InChI=1S/C21H28FN3O6/c1-29-20(27)14-19(26)25-7-6-23(8-13-31-17-4-2-16(22)3-5-17)15-18(25)21(28)24-9-11-30-12-10-24/h2-5,18H,6-15H2,1H3. The number of amides is 2. The zero-order valence-electron chi connectivity index (χ0n) is 17.6. The lowest BCUT2D eigenvalue weighted by Gasteiger charge is -2.42. The van der Waals surface area contributed by atoms with Gasteiger partial charge in [-0.05, 0) is 24.3 Å². The molecular weight excluding hydrogens is 409 g/mol. The average Bonchev–Trinajstić information content (AvgIpc) is 2.80. The molecule has 0 N–H and O–H groups in total. The molecule has 1 aromatic carbocycles. The fourth-order valence-electron chi connectivity index (χ4n) is 3.67. The average molecular weight is 437 g/mol. The maximum atomic E-state index is 13.2. The number of piperazine rings is 1. The number of rotatable bonds is 7. The highest BCUT2D eigenvalue weighted by molar-refractivity contribution is 5.97. The molecule has 0 aromatic heterocycles. The minimum Gasteiger partial charge on any atom is -0.492 e. The Morgan fingerprint density at radius 1 is 1.10 bits per heavy atom. The van der Waals surface area contributed by atoms with Gasteiger partial charge in [0.05, 0.1) is 20.3 Å². The maximum Gasteiger partial charge on any atom is 0.315 e. The first-order chi connectivity index (χ1) is 15.0. The topological polar surface area (TPSA) is 88.6 Å². The Bertz CT molecular complexity index is 769. The van der Waals surface area contributed by atoms with Crippen LogP contribution in [0.3, 0.4) is 0 Å². The van der Waals surface area contributed by atoms with Crippen LogP contribution in [0.1, 0.15) is 6.42 Å². The summed E-state index contributed by atoms with van der Waals surface area (Å²) in [5.74, 6) is -0.956. The first-order valence-corrected chi connectivity index (χ1v) is 10.3. The molecule has 2 fully saturated rings. The summed E-state index contributed by atoms with van der Waals surface area (Å²) in [6, 6.07) is 5.10. The third kappa shape index (κ3) is 6.38. The third-order valence-corrected chi connectivity index (χ3v) is 5.41. The van der Waals surface area contributed by atoms with Crippen molar-refractivity contribution in [3.63, 3.8) is 0 Å². The summed E-state index contributed by atoms with van der Waals surface area (Å²) in [5.41, 5.74) is 0. The summed E-state index contributed by atoms with van der Waals surface area (Å²) >= 11 is 0. The lowest BCUT2D eigenvalue weighted by molar-refractivity contribution is -0.156. The summed E-state index contributed by atoms with van der Waals surface area (Å²) in [7, 11) is 1.23. The number of carbonyl (C=O) groups is 3. The van der Waals surface area contributed by atoms with Gasteiger partial charge in [-0.2, -0.15) is 0 Å². The van der Waals surface area contributed by atoms with Crippen molar-refractivity contribution in [1.29, 1.82) is 0 Å². The summed E-state index contributed by atoms with van der Waals surface area (Å²) in [6.45, 7) is 4.00. The van der Waals surface area contributed by atoms with Crippen LogP contribution in [-0.4, -0.2) is 105 Å². The number of halogens is 1. The summed E-state index contributed by atoms with van der Waals surface area (Å²) in [4.78, 5) is 42.6. The van der Waals surface area contributed by atoms with E-state index in [1.165, 1.54) is 24.1 Å². The van der Waals surface area contributed by atoms with Crippen molar-refractivity contribution in [2.75, 3.05) is 66.2 Å². The van der Waals surface area contributed by atoms with Crippen molar-refractivity contribution in [2.24, 2.45) is 0 Å². The molecule has 0 bridgehead atoms. The number of hydrogen-bond donors (Lipinski definition) is 0. The van der Waals surface area contributed by atoms with Crippen LogP contribution in [0.5, 0.6) is 5.75 Å². The molecule has 1 atom stereocenters. The van der Waals surface area contributed by atoms with Gasteiger partial charge < -0.3 is 24.0 Å². The first kappa shape index (κ1) is 23.0. The van der Waals surface area contributed by atoms with Crippen LogP contribution < -0.4 is 4.74 Å². The van der Waals surface area contributed by atoms with Gasteiger partial charge in [0, 0.05) is 39.3 Å². The maximum absolute atomic E-state index is 13.2. The molecule has 2 amide bonds. The summed E-state index contributed by atoms with van der Waals surface area (Å²) in [6.07, 6.45) is -0.392. The van der Waals surface area contributed by atoms with Gasteiger partial charge in [0.1, 0.15) is 30.6 Å². The number of ether oxygens (including phenoxy) is 3. The van der Waals surface area contributed by atoms with Gasteiger partial charge in [0.25, 0.3) is 0 Å². The molecule has 0 saturated carbocycles. The van der Waals surface area contributed by atoms with Gasteiger partial charge in [-0.15, -0.1) is 0 Å². The number of nitrogens with zero attached hydrogens (tertiary/aromatic N) is 3. The van der Waals surface area contributed by atoms with E-state index in [0.29, 0.717) is 64.8 Å². The highest BCUT2D eigenvalue weighted by atomic mass is 19.1. The number of methoxy groups -OCH3 is 1. The normalized spacial score (nSPS) is 19.7. The number of morpholine rings is 1. The number of hydrogen-bond acceptors (Lipinski definition) is 7. The molecule has 170 valence electrons. The molecule has 0 aliphatic carbocycles. The van der Waals surface area contributed by atoms with Crippen molar-refractivity contribution in [2.45, 2.75) is 12.5 Å². The van der Waals surface area contributed by atoms with E-state index in [1.807, 2.05) is 0 Å². The molecule has 9 nitrogen and oxygen atoms in total. The van der Waals surface area contributed by atoms with Crippen LogP contribution in [0, 0.1) is 5.82 Å². The van der Waals surface area contributed by atoms with E-state index in [4.69, 9.17) is 9.47 Å². The smallest absolute Gasteiger partial charge is 0.315 e. The first-order valence-electron chi connectivity index (χ1n) is 10.3. The predicted octanol–water partition coefficient (Wildman–Crippen LogP) is 0.139. The van der Waals surface area contributed by atoms with Crippen LogP contribution >= 0.6 is 0 Å². The van der Waals surface area contributed by atoms with Crippen molar-refractivity contribution < 1.29 is 33.0 Å². The molecule has 2 heterocycles. The Labute approximate surface area is 180 Å². The SMILES string of the molecule is COC(=O)CC(=O)N1CCN(CCOc2ccc(F)cc2)CC1C(=O)N1CCOCC1. The highest BCUT2D eigenvalue weighted by Gasteiger charge is 2.38. The second-order valence-corrected chi connectivity index (χ2v) is 7.40. The Morgan fingerprint density at radius 3 is 2.48 bits per heavy atom. The van der Waals surface area contributed by atoms with Crippen molar-refractivity contribution in [3.05, 3.63) is 30.1 Å². The van der Waals surface area contributed by atoms with Gasteiger partial charge in [0.15, 0.2) is 0 Å². The van der Waals surface area contributed by atoms with Crippen molar-refractivity contribution >= 4 is 17.8 Å². The van der Waals surface area contributed by atoms with Gasteiger partial charge in [-0.1, -0.05) is 0 Å². The van der Waals surface area contributed by atoms with E-state index in [2.05, 4.69) is 9.64 Å². The van der Waals surface area contributed by atoms with Crippen LogP contribution in [0.4, 0.5) is 4.39 Å². The highest BCUT2D eigenvalue weighted by Crippen LogP contribution is 2.16. The summed E-state index contributed by atoms with van der Waals surface area (Å²) in [5, 5.41) is 0. The van der Waals surface area contributed by atoms with Gasteiger partial charge in [-0.25, -0.2) is 4.39 Å². The van der Waals surface area contributed by atoms with Gasteiger partial charge in [-0.3, -0.25) is 19.3 Å². The molecule has 1 aromatic rings. The zero-order valence-corrected chi connectivity index (χ0v) is 17.6. The van der Waals surface area contributed by atoms with E-state index in [-0.39, 0.29) is 11.7 Å². The zero-order chi connectivity index (χ0) is 22.2. The molecule has 2 aliphatic heterocycles. The Kier molecular flexibility index (Phi) is 8.19. The molecule has 10 heteroatoms. The fourth-order valence-corrected chi connectivity index (χ4v) is 3.67. The lowest BCUT2D eigenvalue weighted by Crippen LogP contribution is -2.62. The monoisotopic (exact) mass is 437 g/mol. The van der Waals surface area contributed by atoms with Crippen molar-refractivity contribution in [3.8, 4) is 5.75 Å². The fraction of sp³-hybridized carbons (Fsp3) is 0.571. The third-order valence-electron chi connectivity index (χ3n) is 5.41. The minimum absolute atomic E-state index is 0.148. The molecule has 31 heavy (non-hydrogen) atoms. The summed E-state index contributed by atoms with van der Waals surface area (Å²) < 4.78 is 28.6.